The van der Waals surface area contributed by atoms with Crippen LogP contribution in [0.5, 0.6) is 0 Å². The summed E-state index contributed by atoms with van der Waals surface area (Å²) in [4.78, 5) is 14.1. The maximum atomic E-state index is 11.7. The largest absolute Gasteiger partial charge is 0.444 e. The van der Waals surface area contributed by atoms with Crippen LogP contribution < -0.4 is 11.1 Å². The maximum absolute atomic E-state index is 11.7. The Bertz CT molecular complexity index is 305. The Morgan fingerprint density at radius 1 is 1.35 bits per heavy atom. The molecule has 1 amide bonds. The first-order valence-electron chi connectivity index (χ1n) is 7.62. The normalized spacial score (nSPS) is 26.1. The summed E-state index contributed by atoms with van der Waals surface area (Å²) in [7, 11) is 0. The monoisotopic (exact) mass is 285 g/mol. The molecule has 5 nitrogen and oxygen atoms in total. The second kappa shape index (κ2) is 7.27. The molecular formula is C15H31N3O2. The topological polar surface area (TPSA) is 67.6 Å². The third-order valence-corrected chi connectivity index (χ3v) is 3.57. The van der Waals surface area contributed by atoms with Crippen LogP contribution in [0.2, 0.25) is 0 Å². The quantitative estimate of drug-likeness (QED) is 0.827. The van der Waals surface area contributed by atoms with Crippen molar-refractivity contribution < 1.29 is 9.53 Å². The summed E-state index contributed by atoms with van der Waals surface area (Å²) in [5.74, 6) is 1.38. The van der Waals surface area contributed by atoms with Gasteiger partial charge in [0.25, 0.3) is 0 Å². The number of nitrogens with two attached hydrogens (primary N) is 1. The van der Waals surface area contributed by atoms with Crippen LogP contribution >= 0.6 is 0 Å². The van der Waals surface area contributed by atoms with Crippen molar-refractivity contribution in [3.63, 3.8) is 0 Å². The molecule has 0 aromatic rings. The Morgan fingerprint density at radius 3 is 2.35 bits per heavy atom. The van der Waals surface area contributed by atoms with Gasteiger partial charge in [0.1, 0.15) is 5.60 Å². The Balaban J connectivity index is 2.44. The van der Waals surface area contributed by atoms with Crippen molar-refractivity contribution in [3.8, 4) is 0 Å². The number of carbonyl (C=O) groups is 1. The Labute approximate surface area is 123 Å². The SMILES string of the molecule is CC1CC(C)CN(C(CN)CNC(=O)OC(C)(C)C)C1. The molecule has 0 aromatic heterocycles. The zero-order valence-corrected chi connectivity index (χ0v) is 13.6. The number of piperidine rings is 1. The zero-order chi connectivity index (χ0) is 15.3. The average Bonchev–Trinajstić information content (AvgIpc) is 2.25. The van der Waals surface area contributed by atoms with Gasteiger partial charge in [-0.25, -0.2) is 4.79 Å². The lowest BCUT2D eigenvalue weighted by molar-refractivity contribution is 0.0484. The number of rotatable bonds is 4. The molecule has 5 heteroatoms. The van der Waals surface area contributed by atoms with E-state index in [-0.39, 0.29) is 12.1 Å². The van der Waals surface area contributed by atoms with E-state index in [1.54, 1.807) is 0 Å². The van der Waals surface area contributed by atoms with Gasteiger partial charge in [0.2, 0.25) is 0 Å². The molecular weight excluding hydrogens is 254 g/mol. The lowest BCUT2D eigenvalue weighted by atomic mass is 9.91. The molecule has 0 saturated carbocycles. The third kappa shape index (κ3) is 6.09. The number of alkyl carbamates (subject to hydrolysis) is 1. The Hall–Kier alpha value is -0.810. The van der Waals surface area contributed by atoms with Crippen LogP contribution in [0.4, 0.5) is 4.79 Å². The second-order valence-electron chi connectivity index (χ2n) is 7.17. The van der Waals surface area contributed by atoms with E-state index in [0.717, 1.165) is 13.1 Å². The summed E-state index contributed by atoms with van der Waals surface area (Å²) in [6.45, 7) is 13.3. The molecule has 1 rings (SSSR count). The molecule has 20 heavy (non-hydrogen) atoms. The minimum Gasteiger partial charge on any atom is -0.444 e. The molecule has 1 heterocycles. The van der Waals surface area contributed by atoms with Gasteiger partial charge in [-0.3, -0.25) is 4.90 Å². The van der Waals surface area contributed by atoms with Gasteiger partial charge in [0, 0.05) is 32.2 Å². The molecule has 0 aliphatic carbocycles. The van der Waals surface area contributed by atoms with Crippen LogP contribution in [0.25, 0.3) is 0 Å². The molecule has 1 saturated heterocycles. The molecule has 118 valence electrons. The number of hydrogen-bond acceptors (Lipinski definition) is 4. The molecule has 0 spiro atoms. The van der Waals surface area contributed by atoms with E-state index in [1.165, 1.54) is 6.42 Å². The van der Waals surface area contributed by atoms with Crippen LogP contribution in [0.1, 0.15) is 41.0 Å². The average molecular weight is 285 g/mol. The fourth-order valence-electron chi connectivity index (χ4n) is 2.89. The van der Waals surface area contributed by atoms with Gasteiger partial charge in [0.15, 0.2) is 0 Å². The molecule has 3 atom stereocenters. The summed E-state index contributed by atoms with van der Waals surface area (Å²) in [5.41, 5.74) is 5.41. The van der Waals surface area contributed by atoms with Crippen molar-refractivity contribution >= 4 is 6.09 Å². The number of ether oxygens (including phenoxy) is 1. The number of hydrogen-bond donors (Lipinski definition) is 2. The smallest absolute Gasteiger partial charge is 0.407 e. The first-order valence-corrected chi connectivity index (χ1v) is 7.62. The summed E-state index contributed by atoms with van der Waals surface area (Å²) in [6.07, 6.45) is 0.905. The first-order chi connectivity index (χ1) is 9.21. The fraction of sp³-hybridized carbons (Fsp3) is 0.933. The van der Waals surface area contributed by atoms with Crippen LogP contribution in [-0.2, 0) is 4.74 Å². The van der Waals surface area contributed by atoms with Crippen LogP contribution in [-0.4, -0.2) is 48.8 Å². The van der Waals surface area contributed by atoms with Crippen molar-refractivity contribution in [2.75, 3.05) is 26.2 Å². The molecule has 1 aliphatic rings. The number of likely N-dealkylation sites (tertiary alicyclic amines) is 1. The first kappa shape index (κ1) is 17.2. The molecule has 3 unspecified atom stereocenters. The van der Waals surface area contributed by atoms with E-state index in [9.17, 15) is 4.79 Å². The molecule has 1 fully saturated rings. The summed E-state index contributed by atoms with van der Waals surface area (Å²) >= 11 is 0. The van der Waals surface area contributed by atoms with Gasteiger partial charge in [-0.1, -0.05) is 13.8 Å². The van der Waals surface area contributed by atoms with Gasteiger partial charge >= 0.3 is 6.09 Å². The second-order valence-corrected chi connectivity index (χ2v) is 7.17. The lowest BCUT2D eigenvalue weighted by Gasteiger charge is -2.39. The standard InChI is InChI=1S/C15H31N3O2/c1-11-6-12(2)10-18(9-11)13(7-16)8-17-14(19)20-15(3,4)5/h11-13H,6-10,16H2,1-5H3,(H,17,19). The van der Waals surface area contributed by atoms with E-state index in [2.05, 4.69) is 24.1 Å². The highest BCUT2D eigenvalue weighted by Crippen LogP contribution is 2.22. The van der Waals surface area contributed by atoms with E-state index in [1.807, 2.05) is 20.8 Å². The van der Waals surface area contributed by atoms with Crippen molar-refractivity contribution in [1.82, 2.24) is 10.2 Å². The highest BCUT2D eigenvalue weighted by molar-refractivity contribution is 5.67. The van der Waals surface area contributed by atoms with Crippen LogP contribution in [0.15, 0.2) is 0 Å². The minimum absolute atomic E-state index is 0.188. The Morgan fingerprint density at radius 2 is 1.90 bits per heavy atom. The molecule has 0 radical (unpaired) electrons. The van der Waals surface area contributed by atoms with Gasteiger partial charge in [-0.2, -0.15) is 0 Å². The van der Waals surface area contributed by atoms with Crippen molar-refractivity contribution in [2.24, 2.45) is 17.6 Å². The third-order valence-electron chi connectivity index (χ3n) is 3.57. The number of nitrogens with zero attached hydrogens (tertiary/aromatic N) is 1. The van der Waals surface area contributed by atoms with Crippen molar-refractivity contribution in [3.05, 3.63) is 0 Å². The predicted octanol–water partition coefficient (Wildman–Crippen LogP) is 1.82. The number of nitrogens with one attached hydrogen (secondary N) is 1. The summed E-state index contributed by atoms with van der Waals surface area (Å²) in [6, 6.07) is 0.188. The summed E-state index contributed by atoms with van der Waals surface area (Å²) in [5, 5.41) is 2.83. The van der Waals surface area contributed by atoms with Crippen molar-refractivity contribution in [1.29, 1.82) is 0 Å². The lowest BCUT2D eigenvalue weighted by Crippen LogP contribution is -2.53. The molecule has 0 bridgehead atoms. The van der Waals surface area contributed by atoms with Crippen LogP contribution in [0, 0.1) is 11.8 Å². The van der Waals surface area contributed by atoms with E-state index < -0.39 is 5.60 Å². The predicted molar refractivity (Wildman–Crippen MR) is 81.6 cm³/mol. The number of carbonyl (C=O) groups excluding carboxylic acids is 1. The van der Waals surface area contributed by atoms with Crippen LogP contribution in [0.3, 0.4) is 0 Å². The molecule has 3 N–H and O–H groups in total. The molecule has 1 aliphatic heterocycles. The van der Waals surface area contributed by atoms with Crippen molar-refractivity contribution in [2.45, 2.75) is 52.7 Å². The highest BCUT2D eigenvalue weighted by Gasteiger charge is 2.27. The fourth-order valence-corrected chi connectivity index (χ4v) is 2.89. The number of amides is 1. The van der Waals surface area contributed by atoms with E-state index in [4.69, 9.17) is 10.5 Å². The molecule has 0 aromatic carbocycles. The van der Waals surface area contributed by atoms with Gasteiger partial charge < -0.3 is 15.8 Å². The minimum atomic E-state index is -0.462. The van der Waals surface area contributed by atoms with Gasteiger partial charge in [-0.15, -0.1) is 0 Å². The highest BCUT2D eigenvalue weighted by atomic mass is 16.6. The van der Waals surface area contributed by atoms with E-state index in [0.29, 0.717) is 24.9 Å². The maximum Gasteiger partial charge on any atom is 0.407 e. The van der Waals surface area contributed by atoms with E-state index >= 15 is 0 Å². The Kier molecular flexibility index (Phi) is 6.27. The van der Waals surface area contributed by atoms with Gasteiger partial charge in [0.05, 0.1) is 0 Å². The zero-order valence-electron chi connectivity index (χ0n) is 13.6. The summed E-state index contributed by atoms with van der Waals surface area (Å²) < 4.78 is 5.25. The van der Waals surface area contributed by atoms with Gasteiger partial charge in [-0.05, 0) is 39.0 Å².